The van der Waals surface area contributed by atoms with E-state index in [0.717, 1.165) is 47.4 Å². The zero-order valence-corrected chi connectivity index (χ0v) is 14.3. The molecule has 5 nitrogen and oxygen atoms in total. The first-order valence-electron chi connectivity index (χ1n) is 7.90. The van der Waals surface area contributed by atoms with Crippen LogP contribution in [0.4, 0.5) is 0 Å². The Morgan fingerprint density at radius 3 is 1.39 bits per heavy atom. The zero-order chi connectivity index (χ0) is 16.7. The molecular formula is C18H25N3O2. The SMILES string of the molecule is Cc1cc(OCCNCCOc2cc(C)nc(C)c2)cc(C)n1. The molecule has 2 rings (SSSR count). The van der Waals surface area contributed by atoms with E-state index in [1.54, 1.807) is 0 Å². The van der Waals surface area contributed by atoms with Crippen LogP contribution in [-0.2, 0) is 0 Å². The molecule has 0 aliphatic carbocycles. The second-order valence-corrected chi connectivity index (χ2v) is 5.62. The van der Waals surface area contributed by atoms with Gasteiger partial charge in [-0.1, -0.05) is 0 Å². The van der Waals surface area contributed by atoms with Gasteiger partial charge in [0.25, 0.3) is 0 Å². The fraction of sp³-hybridized carbons (Fsp3) is 0.444. The number of aromatic nitrogens is 2. The van der Waals surface area contributed by atoms with E-state index in [4.69, 9.17) is 9.47 Å². The van der Waals surface area contributed by atoms with Crippen molar-refractivity contribution < 1.29 is 9.47 Å². The molecule has 0 saturated heterocycles. The van der Waals surface area contributed by atoms with Gasteiger partial charge in [0.2, 0.25) is 0 Å². The maximum atomic E-state index is 5.71. The lowest BCUT2D eigenvalue weighted by molar-refractivity contribution is 0.288. The normalized spacial score (nSPS) is 10.6. The molecule has 0 spiro atoms. The summed E-state index contributed by atoms with van der Waals surface area (Å²) in [6.07, 6.45) is 0. The second-order valence-electron chi connectivity index (χ2n) is 5.62. The summed E-state index contributed by atoms with van der Waals surface area (Å²) in [4.78, 5) is 8.66. The Labute approximate surface area is 138 Å². The fourth-order valence-electron chi connectivity index (χ4n) is 2.37. The summed E-state index contributed by atoms with van der Waals surface area (Å²) in [5.41, 5.74) is 3.90. The lowest BCUT2D eigenvalue weighted by Crippen LogP contribution is -2.26. The van der Waals surface area contributed by atoms with Gasteiger partial charge in [-0.3, -0.25) is 9.97 Å². The summed E-state index contributed by atoms with van der Waals surface area (Å²) in [5, 5.41) is 3.30. The molecule has 124 valence electrons. The van der Waals surface area contributed by atoms with E-state index in [0.29, 0.717) is 13.2 Å². The highest BCUT2D eigenvalue weighted by molar-refractivity contribution is 5.26. The Morgan fingerprint density at radius 1 is 0.696 bits per heavy atom. The van der Waals surface area contributed by atoms with Gasteiger partial charge in [-0.25, -0.2) is 0 Å². The van der Waals surface area contributed by atoms with E-state index >= 15 is 0 Å². The smallest absolute Gasteiger partial charge is 0.122 e. The lowest BCUT2D eigenvalue weighted by Gasteiger charge is -2.10. The Bertz CT molecular complexity index is 548. The molecular weight excluding hydrogens is 290 g/mol. The molecule has 2 heterocycles. The summed E-state index contributed by atoms with van der Waals surface area (Å²) in [5.74, 6) is 1.74. The van der Waals surface area contributed by atoms with Gasteiger partial charge in [-0.05, 0) is 27.7 Å². The van der Waals surface area contributed by atoms with E-state index < -0.39 is 0 Å². The Balaban J connectivity index is 1.60. The third kappa shape index (κ3) is 6.24. The average Bonchev–Trinajstić information content (AvgIpc) is 2.44. The largest absolute Gasteiger partial charge is 0.492 e. The van der Waals surface area contributed by atoms with Gasteiger partial charge in [0.15, 0.2) is 0 Å². The Kier molecular flexibility index (Phi) is 6.35. The van der Waals surface area contributed by atoms with Crippen molar-refractivity contribution in [3.8, 4) is 11.5 Å². The van der Waals surface area contributed by atoms with Crippen LogP contribution in [0, 0.1) is 27.7 Å². The highest BCUT2D eigenvalue weighted by atomic mass is 16.5. The van der Waals surface area contributed by atoms with Gasteiger partial charge < -0.3 is 14.8 Å². The van der Waals surface area contributed by atoms with Gasteiger partial charge in [-0.15, -0.1) is 0 Å². The number of aryl methyl sites for hydroxylation is 4. The molecule has 0 aliphatic rings. The predicted octanol–water partition coefficient (Wildman–Crippen LogP) is 2.76. The molecule has 0 bridgehead atoms. The van der Waals surface area contributed by atoms with E-state index in [9.17, 15) is 0 Å². The van der Waals surface area contributed by atoms with Crippen LogP contribution in [0.3, 0.4) is 0 Å². The van der Waals surface area contributed by atoms with E-state index in [2.05, 4.69) is 15.3 Å². The number of nitrogens with zero attached hydrogens (tertiary/aromatic N) is 2. The summed E-state index contributed by atoms with van der Waals surface area (Å²) in [7, 11) is 0. The summed E-state index contributed by atoms with van der Waals surface area (Å²) < 4.78 is 11.4. The van der Waals surface area contributed by atoms with E-state index in [-0.39, 0.29) is 0 Å². The van der Waals surface area contributed by atoms with Crippen LogP contribution in [-0.4, -0.2) is 36.3 Å². The lowest BCUT2D eigenvalue weighted by atomic mass is 10.3. The average molecular weight is 315 g/mol. The van der Waals surface area contributed by atoms with E-state index in [1.165, 1.54) is 0 Å². The van der Waals surface area contributed by atoms with Crippen molar-refractivity contribution in [3.63, 3.8) is 0 Å². The predicted molar refractivity (Wildman–Crippen MR) is 91.3 cm³/mol. The standard InChI is InChI=1S/C18H25N3O2/c1-13-9-17(10-14(2)20-13)22-7-5-19-6-8-23-18-11-15(3)21-16(4)12-18/h9-12,19H,5-8H2,1-4H3. The number of nitrogens with one attached hydrogen (secondary N) is 1. The summed E-state index contributed by atoms with van der Waals surface area (Å²) in [6, 6.07) is 7.79. The molecule has 0 radical (unpaired) electrons. The molecule has 0 fully saturated rings. The van der Waals surface area contributed by atoms with Crippen molar-refractivity contribution in [1.29, 1.82) is 0 Å². The molecule has 0 saturated carbocycles. The molecule has 1 N–H and O–H groups in total. The Hall–Kier alpha value is -2.14. The van der Waals surface area contributed by atoms with Gasteiger partial charge in [0.1, 0.15) is 24.7 Å². The molecule has 0 aromatic carbocycles. The second kappa shape index (κ2) is 8.48. The third-order valence-corrected chi connectivity index (χ3v) is 3.21. The molecule has 0 atom stereocenters. The minimum absolute atomic E-state index is 0.621. The monoisotopic (exact) mass is 315 g/mol. The van der Waals surface area contributed by atoms with Crippen LogP contribution < -0.4 is 14.8 Å². The maximum Gasteiger partial charge on any atom is 0.122 e. The number of hydrogen-bond acceptors (Lipinski definition) is 5. The molecule has 2 aromatic heterocycles. The molecule has 0 amide bonds. The molecule has 2 aromatic rings. The first-order chi connectivity index (χ1) is 11.0. The van der Waals surface area contributed by atoms with Crippen molar-refractivity contribution >= 4 is 0 Å². The topological polar surface area (TPSA) is 56.3 Å². The van der Waals surface area contributed by atoms with Crippen molar-refractivity contribution in [2.24, 2.45) is 0 Å². The van der Waals surface area contributed by atoms with Crippen LogP contribution in [0.5, 0.6) is 11.5 Å². The van der Waals surface area contributed by atoms with Crippen LogP contribution >= 0.6 is 0 Å². The molecule has 23 heavy (non-hydrogen) atoms. The maximum absolute atomic E-state index is 5.71. The Morgan fingerprint density at radius 2 is 1.04 bits per heavy atom. The van der Waals surface area contributed by atoms with Crippen LogP contribution in [0.25, 0.3) is 0 Å². The van der Waals surface area contributed by atoms with Crippen LogP contribution in [0.15, 0.2) is 24.3 Å². The highest BCUT2D eigenvalue weighted by Crippen LogP contribution is 2.13. The van der Waals surface area contributed by atoms with Gasteiger partial charge >= 0.3 is 0 Å². The minimum atomic E-state index is 0.621. The highest BCUT2D eigenvalue weighted by Gasteiger charge is 1.99. The molecule has 5 heteroatoms. The third-order valence-electron chi connectivity index (χ3n) is 3.21. The van der Waals surface area contributed by atoms with Gasteiger partial charge in [0.05, 0.1) is 0 Å². The zero-order valence-electron chi connectivity index (χ0n) is 14.3. The van der Waals surface area contributed by atoms with Gasteiger partial charge in [0, 0.05) is 60.1 Å². The number of pyridine rings is 2. The van der Waals surface area contributed by atoms with Crippen molar-refractivity contribution in [2.75, 3.05) is 26.3 Å². The first kappa shape index (κ1) is 17.2. The number of ether oxygens (including phenoxy) is 2. The fourth-order valence-corrected chi connectivity index (χ4v) is 2.37. The summed E-state index contributed by atoms with van der Waals surface area (Å²) >= 11 is 0. The van der Waals surface area contributed by atoms with Crippen LogP contribution in [0.2, 0.25) is 0 Å². The first-order valence-corrected chi connectivity index (χ1v) is 7.90. The molecule has 0 aliphatic heterocycles. The number of rotatable bonds is 8. The van der Waals surface area contributed by atoms with Crippen molar-refractivity contribution in [2.45, 2.75) is 27.7 Å². The quantitative estimate of drug-likeness (QED) is 0.759. The minimum Gasteiger partial charge on any atom is -0.492 e. The van der Waals surface area contributed by atoms with Gasteiger partial charge in [-0.2, -0.15) is 0 Å². The van der Waals surface area contributed by atoms with E-state index in [1.807, 2.05) is 52.0 Å². The molecule has 0 unspecified atom stereocenters. The van der Waals surface area contributed by atoms with Crippen molar-refractivity contribution in [1.82, 2.24) is 15.3 Å². The number of hydrogen-bond donors (Lipinski definition) is 1. The summed E-state index contributed by atoms with van der Waals surface area (Å²) in [6.45, 7) is 10.7. The van der Waals surface area contributed by atoms with Crippen LogP contribution in [0.1, 0.15) is 22.8 Å². The van der Waals surface area contributed by atoms with Crippen molar-refractivity contribution in [3.05, 3.63) is 47.0 Å².